The second-order valence-corrected chi connectivity index (χ2v) is 7.18. The molecule has 3 aromatic rings. The first kappa shape index (κ1) is 18.2. The van der Waals surface area contributed by atoms with E-state index in [4.69, 9.17) is 27.9 Å². The molecule has 6 heteroatoms. The summed E-state index contributed by atoms with van der Waals surface area (Å²) in [4.78, 5) is 9.26. The van der Waals surface area contributed by atoms with Gasteiger partial charge in [-0.15, -0.1) is 11.8 Å². The third-order valence-corrected chi connectivity index (χ3v) is 5.02. The summed E-state index contributed by atoms with van der Waals surface area (Å²) >= 11 is 13.8. The molecule has 0 bridgehead atoms. The van der Waals surface area contributed by atoms with E-state index in [2.05, 4.69) is 9.97 Å². The smallest absolute Gasteiger partial charge is 0.160 e. The van der Waals surface area contributed by atoms with Gasteiger partial charge < -0.3 is 4.74 Å². The van der Waals surface area contributed by atoms with E-state index in [-0.39, 0.29) is 0 Å². The van der Waals surface area contributed by atoms with Crippen LogP contribution in [0.2, 0.25) is 10.0 Å². The molecule has 128 valence electrons. The fraction of sp³-hybridized carbons (Fsp3) is 0.158. The molecule has 0 saturated carbocycles. The van der Waals surface area contributed by atoms with Crippen molar-refractivity contribution in [3.05, 3.63) is 75.9 Å². The lowest BCUT2D eigenvalue weighted by molar-refractivity contribution is 0.181. The maximum Gasteiger partial charge on any atom is 0.160 e. The van der Waals surface area contributed by atoms with Crippen LogP contribution in [0, 0.1) is 0 Å². The van der Waals surface area contributed by atoms with Gasteiger partial charge in [-0.25, -0.2) is 9.97 Å². The predicted molar refractivity (Wildman–Crippen MR) is 104 cm³/mol. The number of hydrogen-bond donors (Lipinski definition) is 0. The minimum absolute atomic E-state index is 0.442. The van der Waals surface area contributed by atoms with Crippen molar-refractivity contribution in [2.45, 2.75) is 17.4 Å². The van der Waals surface area contributed by atoms with Gasteiger partial charge >= 0.3 is 0 Å². The van der Waals surface area contributed by atoms with Crippen LogP contribution in [0.4, 0.5) is 0 Å². The Kier molecular flexibility index (Phi) is 6.32. The molecule has 0 amide bonds. The molecule has 0 atom stereocenters. The van der Waals surface area contributed by atoms with Crippen molar-refractivity contribution in [2.75, 3.05) is 7.11 Å². The van der Waals surface area contributed by atoms with E-state index < -0.39 is 0 Å². The maximum atomic E-state index is 6.25. The van der Waals surface area contributed by atoms with Crippen molar-refractivity contribution in [3.8, 4) is 11.4 Å². The highest BCUT2D eigenvalue weighted by Gasteiger charge is 2.09. The zero-order chi connectivity index (χ0) is 17.6. The lowest BCUT2D eigenvalue weighted by atomic mass is 10.2. The number of hydrogen-bond acceptors (Lipinski definition) is 4. The van der Waals surface area contributed by atoms with E-state index >= 15 is 0 Å². The zero-order valence-corrected chi connectivity index (χ0v) is 15.9. The molecule has 0 aliphatic heterocycles. The molecule has 0 spiro atoms. The molecule has 25 heavy (non-hydrogen) atoms. The van der Waals surface area contributed by atoms with Gasteiger partial charge in [-0.2, -0.15) is 0 Å². The van der Waals surface area contributed by atoms with Crippen LogP contribution in [0.1, 0.15) is 11.3 Å². The van der Waals surface area contributed by atoms with Crippen LogP contribution in [0.25, 0.3) is 11.4 Å². The summed E-state index contributed by atoms with van der Waals surface area (Å²) in [6.07, 6.45) is 0. The fourth-order valence-electron chi connectivity index (χ4n) is 2.28. The SMILES string of the molecule is COCc1cc(SCc2ccc(Cl)cc2Cl)nc(-c2ccccc2)n1. The summed E-state index contributed by atoms with van der Waals surface area (Å²) in [6.45, 7) is 0.442. The number of methoxy groups -OCH3 is 1. The summed E-state index contributed by atoms with van der Waals surface area (Å²) in [5.74, 6) is 1.40. The van der Waals surface area contributed by atoms with E-state index in [1.807, 2.05) is 48.5 Å². The Balaban J connectivity index is 1.86. The standard InChI is InChI=1S/C19H16Cl2N2OS/c1-24-11-16-10-18(23-19(22-16)13-5-3-2-4-6-13)25-12-14-7-8-15(20)9-17(14)21/h2-10H,11-12H2,1H3. The van der Waals surface area contributed by atoms with Crippen molar-refractivity contribution < 1.29 is 4.74 Å². The minimum atomic E-state index is 0.442. The number of nitrogens with zero attached hydrogens (tertiary/aromatic N) is 2. The summed E-state index contributed by atoms with van der Waals surface area (Å²) < 4.78 is 5.23. The van der Waals surface area contributed by atoms with Gasteiger partial charge in [-0.1, -0.05) is 59.6 Å². The topological polar surface area (TPSA) is 35.0 Å². The van der Waals surface area contributed by atoms with E-state index in [1.54, 1.807) is 24.9 Å². The molecule has 0 aliphatic carbocycles. The first-order valence-electron chi connectivity index (χ1n) is 7.65. The van der Waals surface area contributed by atoms with Gasteiger partial charge in [0, 0.05) is 28.5 Å². The van der Waals surface area contributed by atoms with E-state index in [0.717, 1.165) is 21.8 Å². The maximum absolute atomic E-state index is 6.25. The second-order valence-electron chi connectivity index (χ2n) is 5.34. The molecule has 1 aromatic heterocycles. The Morgan fingerprint density at radius 1 is 1.00 bits per heavy atom. The third-order valence-electron chi connectivity index (χ3n) is 3.47. The molecule has 0 fully saturated rings. The minimum Gasteiger partial charge on any atom is -0.378 e. The van der Waals surface area contributed by atoms with Gasteiger partial charge in [0.25, 0.3) is 0 Å². The molecule has 0 unspecified atom stereocenters. The van der Waals surface area contributed by atoms with Crippen LogP contribution in [-0.2, 0) is 17.1 Å². The molecule has 3 rings (SSSR count). The Labute approximate surface area is 161 Å². The molecular formula is C19H16Cl2N2OS. The van der Waals surface area contributed by atoms with Gasteiger partial charge in [0.2, 0.25) is 0 Å². The molecule has 2 aromatic carbocycles. The quantitative estimate of drug-likeness (QED) is 0.388. The third kappa shape index (κ3) is 4.95. The average Bonchev–Trinajstić information content (AvgIpc) is 2.62. The molecule has 1 heterocycles. The normalized spacial score (nSPS) is 10.8. The van der Waals surface area contributed by atoms with Gasteiger partial charge in [0.15, 0.2) is 5.82 Å². The highest BCUT2D eigenvalue weighted by molar-refractivity contribution is 7.98. The van der Waals surface area contributed by atoms with Gasteiger partial charge in [0.1, 0.15) is 5.03 Å². The number of aromatic nitrogens is 2. The van der Waals surface area contributed by atoms with Gasteiger partial charge in [-0.05, 0) is 23.8 Å². The highest BCUT2D eigenvalue weighted by Crippen LogP contribution is 2.29. The number of thioether (sulfide) groups is 1. The molecule has 0 N–H and O–H groups in total. The van der Waals surface area contributed by atoms with Crippen molar-refractivity contribution >= 4 is 35.0 Å². The van der Waals surface area contributed by atoms with Gasteiger partial charge in [-0.3, -0.25) is 0 Å². The van der Waals surface area contributed by atoms with E-state index in [9.17, 15) is 0 Å². The van der Waals surface area contributed by atoms with E-state index in [1.165, 1.54) is 0 Å². The predicted octanol–water partition coefficient (Wildman–Crippen LogP) is 5.89. The second kappa shape index (κ2) is 8.68. The first-order valence-corrected chi connectivity index (χ1v) is 9.39. The highest BCUT2D eigenvalue weighted by atomic mass is 35.5. The zero-order valence-electron chi connectivity index (χ0n) is 13.6. The van der Waals surface area contributed by atoms with Crippen molar-refractivity contribution in [1.29, 1.82) is 0 Å². The first-order chi connectivity index (χ1) is 12.2. The Morgan fingerprint density at radius 3 is 2.52 bits per heavy atom. The van der Waals surface area contributed by atoms with Crippen molar-refractivity contribution in [2.24, 2.45) is 0 Å². The van der Waals surface area contributed by atoms with Crippen molar-refractivity contribution in [3.63, 3.8) is 0 Å². The van der Waals surface area contributed by atoms with Crippen LogP contribution in [0.3, 0.4) is 0 Å². The lowest BCUT2D eigenvalue weighted by Gasteiger charge is -2.09. The van der Waals surface area contributed by atoms with Crippen molar-refractivity contribution in [1.82, 2.24) is 9.97 Å². The van der Waals surface area contributed by atoms with Crippen LogP contribution >= 0.6 is 35.0 Å². The molecule has 0 aliphatic rings. The molecule has 0 saturated heterocycles. The number of halogens is 2. The van der Waals surface area contributed by atoms with Crippen LogP contribution in [0.5, 0.6) is 0 Å². The van der Waals surface area contributed by atoms with Gasteiger partial charge in [0.05, 0.1) is 12.3 Å². The van der Waals surface area contributed by atoms with E-state index in [0.29, 0.717) is 28.2 Å². The average molecular weight is 391 g/mol. The van der Waals surface area contributed by atoms with Crippen LogP contribution in [0.15, 0.2) is 59.6 Å². The summed E-state index contributed by atoms with van der Waals surface area (Å²) in [6, 6.07) is 17.4. The fourth-order valence-corrected chi connectivity index (χ4v) is 3.76. The lowest BCUT2D eigenvalue weighted by Crippen LogP contribution is -1.99. The Morgan fingerprint density at radius 2 is 1.80 bits per heavy atom. The summed E-state index contributed by atoms with van der Waals surface area (Å²) in [5, 5.41) is 2.18. The van der Waals surface area contributed by atoms with Crippen LogP contribution < -0.4 is 0 Å². The molecule has 0 radical (unpaired) electrons. The molecular weight excluding hydrogens is 375 g/mol. The number of ether oxygens (including phenoxy) is 1. The number of benzene rings is 2. The number of rotatable bonds is 6. The monoisotopic (exact) mass is 390 g/mol. The van der Waals surface area contributed by atoms with Crippen LogP contribution in [-0.4, -0.2) is 17.1 Å². The largest absolute Gasteiger partial charge is 0.378 e. The Hall–Kier alpha value is -1.59. The summed E-state index contributed by atoms with van der Waals surface area (Å²) in [5.41, 5.74) is 2.84. The molecule has 3 nitrogen and oxygen atoms in total. The Bertz CT molecular complexity index is 859. The summed E-state index contributed by atoms with van der Waals surface area (Å²) in [7, 11) is 1.66.